The van der Waals surface area contributed by atoms with Crippen LogP contribution in [0.5, 0.6) is 5.75 Å². The number of amides is 2. The third kappa shape index (κ3) is 5.10. The van der Waals surface area contributed by atoms with Crippen molar-refractivity contribution in [1.29, 1.82) is 0 Å². The van der Waals surface area contributed by atoms with Gasteiger partial charge in [0.05, 0.1) is 11.4 Å². The number of hydrogen-bond donors (Lipinski definition) is 2. The molecule has 120 valence electrons. The smallest absolute Gasteiger partial charge is 0.262 e. The van der Waals surface area contributed by atoms with Crippen LogP contribution in [0.15, 0.2) is 42.5 Å². The molecule has 0 heterocycles. The summed E-state index contributed by atoms with van der Waals surface area (Å²) in [6, 6.07) is 11.0. The minimum absolute atomic E-state index is 0.178. The highest BCUT2D eigenvalue weighted by Gasteiger charge is 2.10. The lowest BCUT2D eigenvalue weighted by Crippen LogP contribution is -2.21. The fourth-order valence-electron chi connectivity index (χ4n) is 1.89. The maximum absolute atomic E-state index is 13.3. The lowest BCUT2D eigenvalue weighted by Gasteiger charge is -2.12. The van der Waals surface area contributed by atoms with E-state index < -0.39 is 11.7 Å². The van der Waals surface area contributed by atoms with Gasteiger partial charge in [-0.15, -0.1) is 0 Å². The normalized spacial score (nSPS) is 10.0. The summed E-state index contributed by atoms with van der Waals surface area (Å²) in [6.07, 6.45) is 0. The van der Waals surface area contributed by atoms with Crippen molar-refractivity contribution >= 4 is 23.2 Å². The summed E-state index contributed by atoms with van der Waals surface area (Å²) in [6.45, 7) is 3.05. The van der Waals surface area contributed by atoms with E-state index in [0.717, 1.165) is 11.6 Å². The second-order valence-electron chi connectivity index (χ2n) is 5.02. The monoisotopic (exact) mass is 316 g/mol. The summed E-state index contributed by atoms with van der Waals surface area (Å²) in [4.78, 5) is 23.1. The van der Waals surface area contributed by atoms with E-state index in [9.17, 15) is 14.0 Å². The standard InChI is InChI=1S/C17H17FN2O3/c1-11-3-6-14(7-4-11)23-10-17(22)20-16-9-13(18)5-8-15(16)19-12(2)21/h3-9H,10H2,1-2H3,(H,19,21)(H,20,22). The summed E-state index contributed by atoms with van der Waals surface area (Å²) < 4.78 is 18.7. The molecule has 2 aromatic rings. The van der Waals surface area contributed by atoms with Crippen LogP contribution in [-0.2, 0) is 9.59 Å². The molecule has 0 atom stereocenters. The van der Waals surface area contributed by atoms with E-state index in [4.69, 9.17) is 4.74 Å². The Morgan fingerprint density at radius 3 is 2.39 bits per heavy atom. The van der Waals surface area contributed by atoms with Crippen molar-refractivity contribution in [3.8, 4) is 5.75 Å². The Labute approximate surface area is 133 Å². The van der Waals surface area contributed by atoms with Gasteiger partial charge in [-0.1, -0.05) is 17.7 Å². The molecule has 0 fully saturated rings. The molecule has 0 aliphatic carbocycles. The number of aryl methyl sites for hydroxylation is 1. The predicted octanol–water partition coefficient (Wildman–Crippen LogP) is 3.11. The second-order valence-corrected chi connectivity index (χ2v) is 5.02. The molecule has 0 unspecified atom stereocenters. The maximum atomic E-state index is 13.3. The van der Waals surface area contributed by atoms with Crippen molar-refractivity contribution in [1.82, 2.24) is 0 Å². The molecular formula is C17H17FN2O3. The van der Waals surface area contributed by atoms with Gasteiger partial charge in [0.1, 0.15) is 11.6 Å². The van der Waals surface area contributed by atoms with E-state index in [1.165, 1.54) is 19.1 Å². The molecule has 23 heavy (non-hydrogen) atoms. The number of benzene rings is 2. The number of carbonyl (C=O) groups excluding carboxylic acids is 2. The summed E-state index contributed by atoms with van der Waals surface area (Å²) in [5.41, 5.74) is 1.59. The maximum Gasteiger partial charge on any atom is 0.262 e. The molecule has 5 nitrogen and oxygen atoms in total. The Kier molecular flexibility index (Phi) is 5.30. The third-order valence-electron chi connectivity index (χ3n) is 2.96. The summed E-state index contributed by atoms with van der Waals surface area (Å²) in [5, 5.41) is 5.04. The Morgan fingerprint density at radius 2 is 1.74 bits per heavy atom. The van der Waals surface area contributed by atoms with Gasteiger partial charge in [-0.2, -0.15) is 0 Å². The van der Waals surface area contributed by atoms with Gasteiger partial charge in [-0.3, -0.25) is 9.59 Å². The average Bonchev–Trinajstić information content (AvgIpc) is 2.49. The number of rotatable bonds is 5. The molecule has 0 aromatic heterocycles. The third-order valence-corrected chi connectivity index (χ3v) is 2.96. The Bertz CT molecular complexity index is 714. The van der Waals surface area contributed by atoms with Crippen LogP contribution >= 0.6 is 0 Å². The molecule has 6 heteroatoms. The van der Waals surface area contributed by atoms with Crippen LogP contribution < -0.4 is 15.4 Å². The number of anilines is 2. The molecule has 0 aliphatic rings. The van der Waals surface area contributed by atoms with Gasteiger partial charge in [-0.25, -0.2) is 4.39 Å². The van der Waals surface area contributed by atoms with Crippen molar-refractivity contribution in [3.05, 3.63) is 53.8 Å². The van der Waals surface area contributed by atoms with Gasteiger partial charge in [0.25, 0.3) is 5.91 Å². The molecule has 2 amide bonds. The zero-order valence-electron chi connectivity index (χ0n) is 12.9. The Morgan fingerprint density at radius 1 is 1.04 bits per heavy atom. The first-order valence-corrected chi connectivity index (χ1v) is 7.00. The zero-order chi connectivity index (χ0) is 16.8. The van der Waals surface area contributed by atoms with Crippen LogP contribution in [0.25, 0.3) is 0 Å². The fourth-order valence-corrected chi connectivity index (χ4v) is 1.89. The average molecular weight is 316 g/mol. The van der Waals surface area contributed by atoms with Crippen molar-refractivity contribution in [2.45, 2.75) is 13.8 Å². The second kappa shape index (κ2) is 7.40. The highest BCUT2D eigenvalue weighted by atomic mass is 19.1. The zero-order valence-corrected chi connectivity index (χ0v) is 12.9. The van der Waals surface area contributed by atoms with E-state index in [-0.39, 0.29) is 18.2 Å². The van der Waals surface area contributed by atoms with Crippen molar-refractivity contribution in [2.75, 3.05) is 17.2 Å². The van der Waals surface area contributed by atoms with Crippen LogP contribution in [0, 0.1) is 12.7 Å². The molecule has 0 saturated carbocycles. The first-order valence-electron chi connectivity index (χ1n) is 7.00. The quantitative estimate of drug-likeness (QED) is 0.890. The number of carbonyl (C=O) groups is 2. The SMILES string of the molecule is CC(=O)Nc1ccc(F)cc1NC(=O)COc1ccc(C)cc1. The van der Waals surface area contributed by atoms with E-state index in [2.05, 4.69) is 10.6 Å². The molecule has 2 N–H and O–H groups in total. The lowest BCUT2D eigenvalue weighted by atomic mass is 10.2. The Balaban J connectivity index is 2.00. The lowest BCUT2D eigenvalue weighted by molar-refractivity contribution is -0.118. The van der Waals surface area contributed by atoms with Gasteiger partial charge >= 0.3 is 0 Å². The number of hydrogen-bond acceptors (Lipinski definition) is 3. The van der Waals surface area contributed by atoms with Gasteiger partial charge in [-0.05, 0) is 37.3 Å². The van der Waals surface area contributed by atoms with Crippen molar-refractivity contribution < 1.29 is 18.7 Å². The minimum atomic E-state index is -0.520. The number of ether oxygens (including phenoxy) is 1. The van der Waals surface area contributed by atoms with Gasteiger partial charge in [0.2, 0.25) is 5.91 Å². The van der Waals surface area contributed by atoms with Crippen molar-refractivity contribution in [3.63, 3.8) is 0 Å². The number of nitrogens with one attached hydrogen (secondary N) is 2. The molecule has 2 aromatic carbocycles. The van der Waals surface area contributed by atoms with E-state index in [0.29, 0.717) is 11.4 Å². The topological polar surface area (TPSA) is 67.4 Å². The van der Waals surface area contributed by atoms with Gasteiger partial charge in [0, 0.05) is 6.92 Å². The summed E-state index contributed by atoms with van der Waals surface area (Å²) in [7, 11) is 0. The van der Waals surface area contributed by atoms with Crippen LogP contribution in [0.2, 0.25) is 0 Å². The molecular weight excluding hydrogens is 299 g/mol. The number of halogens is 1. The molecule has 0 radical (unpaired) electrons. The fraction of sp³-hybridized carbons (Fsp3) is 0.176. The van der Waals surface area contributed by atoms with E-state index in [1.807, 2.05) is 19.1 Å². The first kappa shape index (κ1) is 16.5. The van der Waals surface area contributed by atoms with Gasteiger partial charge < -0.3 is 15.4 Å². The highest BCUT2D eigenvalue weighted by molar-refractivity contribution is 5.99. The summed E-state index contributed by atoms with van der Waals surface area (Å²) in [5.74, 6) is -0.730. The van der Waals surface area contributed by atoms with E-state index in [1.54, 1.807) is 12.1 Å². The van der Waals surface area contributed by atoms with Gasteiger partial charge in [0.15, 0.2) is 6.61 Å². The minimum Gasteiger partial charge on any atom is -0.484 e. The molecule has 0 bridgehead atoms. The molecule has 0 saturated heterocycles. The molecule has 2 rings (SSSR count). The van der Waals surface area contributed by atoms with Crippen LogP contribution in [-0.4, -0.2) is 18.4 Å². The van der Waals surface area contributed by atoms with E-state index >= 15 is 0 Å². The first-order chi connectivity index (χ1) is 10.9. The van der Waals surface area contributed by atoms with Crippen LogP contribution in [0.1, 0.15) is 12.5 Å². The summed E-state index contributed by atoms with van der Waals surface area (Å²) >= 11 is 0. The predicted molar refractivity (Wildman–Crippen MR) is 86.0 cm³/mol. The molecule has 0 aliphatic heterocycles. The van der Waals surface area contributed by atoms with Crippen molar-refractivity contribution in [2.24, 2.45) is 0 Å². The van der Waals surface area contributed by atoms with Crippen LogP contribution in [0.4, 0.5) is 15.8 Å². The molecule has 0 spiro atoms. The van der Waals surface area contributed by atoms with Crippen LogP contribution in [0.3, 0.4) is 0 Å². The Hall–Kier alpha value is -2.89. The largest absolute Gasteiger partial charge is 0.484 e. The highest BCUT2D eigenvalue weighted by Crippen LogP contribution is 2.23.